The monoisotopic (exact) mass is 225 g/mol. The van der Waals surface area contributed by atoms with Crippen LogP contribution in [0.15, 0.2) is 11.6 Å². The van der Waals surface area contributed by atoms with Gasteiger partial charge in [0.05, 0.1) is 5.01 Å². The molecular formula is C11H15NO2S. The Labute approximate surface area is 93.2 Å². The van der Waals surface area contributed by atoms with Gasteiger partial charge in [-0.25, -0.2) is 4.98 Å². The van der Waals surface area contributed by atoms with Crippen molar-refractivity contribution in [3.8, 4) is 0 Å². The summed E-state index contributed by atoms with van der Waals surface area (Å²) in [4.78, 5) is 14.9. The van der Waals surface area contributed by atoms with Crippen LogP contribution in [0.4, 0.5) is 0 Å². The molecule has 0 unspecified atom stereocenters. The molecule has 0 bridgehead atoms. The third kappa shape index (κ3) is 2.78. The molecule has 1 N–H and O–H groups in total. The highest BCUT2D eigenvalue weighted by Crippen LogP contribution is 2.37. The van der Waals surface area contributed by atoms with E-state index in [1.54, 1.807) is 11.3 Å². The zero-order valence-corrected chi connectivity index (χ0v) is 9.37. The maximum Gasteiger partial charge on any atom is 0.303 e. The van der Waals surface area contributed by atoms with E-state index in [-0.39, 0.29) is 0 Å². The summed E-state index contributed by atoms with van der Waals surface area (Å²) in [6.45, 7) is 0. The van der Waals surface area contributed by atoms with Crippen LogP contribution in [-0.4, -0.2) is 16.1 Å². The van der Waals surface area contributed by atoms with Crippen LogP contribution >= 0.6 is 11.3 Å². The lowest BCUT2D eigenvalue weighted by atomic mass is 9.81. The molecule has 0 aromatic carbocycles. The highest BCUT2D eigenvalue weighted by molar-refractivity contribution is 7.09. The van der Waals surface area contributed by atoms with Gasteiger partial charge in [0.1, 0.15) is 0 Å². The van der Waals surface area contributed by atoms with E-state index >= 15 is 0 Å². The Balaban J connectivity index is 1.84. The maximum atomic E-state index is 10.6. The number of hydrogen-bond acceptors (Lipinski definition) is 3. The third-order valence-corrected chi connectivity index (χ3v) is 4.05. The largest absolute Gasteiger partial charge is 0.481 e. The molecule has 0 spiro atoms. The van der Waals surface area contributed by atoms with Crippen LogP contribution in [0.3, 0.4) is 0 Å². The lowest BCUT2D eigenvalue weighted by molar-refractivity contribution is -0.138. The molecule has 0 aliphatic heterocycles. The smallest absolute Gasteiger partial charge is 0.303 e. The van der Waals surface area contributed by atoms with Gasteiger partial charge in [-0.1, -0.05) is 0 Å². The van der Waals surface area contributed by atoms with Gasteiger partial charge in [0.25, 0.3) is 0 Å². The SMILES string of the molecule is O=C(O)CC1CCC(c2nccs2)CC1. The Bertz CT molecular complexity index is 315. The fourth-order valence-electron chi connectivity index (χ4n) is 2.30. The highest BCUT2D eigenvalue weighted by atomic mass is 32.1. The lowest BCUT2D eigenvalue weighted by Gasteiger charge is -2.26. The van der Waals surface area contributed by atoms with Gasteiger partial charge in [0, 0.05) is 23.9 Å². The predicted octanol–water partition coefficient (Wildman–Crippen LogP) is 2.89. The van der Waals surface area contributed by atoms with Crippen LogP contribution in [0.1, 0.15) is 43.0 Å². The molecule has 1 aromatic rings. The van der Waals surface area contributed by atoms with Crippen molar-refractivity contribution in [2.24, 2.45) is 5.92 Å². The summed E-state index contributed by atoms with van der Waals surface area (Å²) in [6, 6.07) is 0. The molecule has 1 aliphatic carbocycles. The summed E-state index contributed by atoms with van der Waals surface area (Å²) in [5.41, 5.74) is 0. The highest BCUT2D eigenvalue weighted by Gasteiger charge is 2.24. The number of nitrogens with zero attached hydrogens (tertiary/aromatic N) is 1. The first-order valence-corrected chi connectivity index (χ1v) is 6.25. The third-order valence-electron chi connectivity index (χ3n) is 3.11. The Hall–Kier alpha value is -0.900. The number of aliphatic carboxylic acids is 1. The van der Waals surface area contributed by atoms with Crippen molar-refractivity contribution in [3.63, 3.8) is 0 Å². The van der Waals surface area contributed by atoms with Crippen LogP contribution in [0.25, 0.3) is 0 Å². The van der Waals surface area contributed by atoms with E-state index in [0.29, 0.717) is 18.3 Å². The summed E-state index contributed by atoms with van der Waals surface area (Å²) >= 11 is 1.72. The number of hydrogen-bond donors (Lipinski definition) is 1. The average molecular weight is 225 g/mol. The molecule has 1 saturated carbocycles. The van der Waals surface area contributed by atoms with Gasteiger partial charge in [-0.2, -0.15) is 0 Å². The van der Waals surface area contributed by atoms with Gasteiger partial charge >= 0.3 is 5.97 Å². The average Bonchev–Trinajstić information content (AvgIpc) is 2.71. The number of aromatic nitrogens is 1. The van der Waals surface area contributed by atoms with Gasteiger partial charge in [-0.05, 0) is 31.6 Å². The summed E-state index contributed by atoms with van der Waals surface area (Å²) in [7, 11) is 0. The van der Waals surface area contributed by atoms with E-state index in [1.165, 1.54) is 5.01 Å². The number of carboxylic acids is 1. The molecule has 1 aromatic heterocycles. The summed E-state index contributed by atoms with van der Waals surface area (Å²) in [6.07, 6.45) is 6.47. The van der Waals surface area contributed by atoms with Gasteiger partial charge in [-0.3, -0.25) is 4.79 Å². The first kappa shape index (κ1) is 10.6. The lowest BCUT2D eigenvalue weighted by Crippen LogP contribution is -2.16. The second-order valence-electron chi connectivity index (χ2n) is 4.19. The van der Waals surface area contributed by atoms with E-state index in [9.17, 15) is 4.79 Å². The van der Waals surface area contributed by atoms with Crippen LogP contribution < -0.4 is 0 Å². The molecular weight excluding hydrogens is 210 g/mol. The minimum absolute atomic E-state index is 0.338. The molecule has 0 radical (unpaired) electrons. The number of carboxylic acid groups (broad SMARTS) is 1. The first-order chi connectivity index (χ1) is 7.25. The topological polar surface area (TPSA) is 50.2 Å². The second-order valence-corrected chi connectivity index (χ2v) is 5.11. The molecule has 0 saturated heterocycles. The Kier molecular flexibility index (Phi) is 3.36. The van der Waals surface area contributed by atoms with Gasteiger partial charge in [0.2, 0.25) is 0 Å². The molecule has 3 nitrogen and oxygen atoms in total. The molecule has 0 amide bonds. The van der Waals surface area contributed by atoms with Crippen LogP contribution in [0.2, 0.25) is 0 Å². The summed E-state index contributed by atoms with van der Waals surface area (Å²) in [5.74, 6) is 0.307. The normalized spacial score (nSPS) is 26.4. The Morgan fingerprint density at radius 1 is 1.47 bits per heavy atom. The van der Waals surface area contributed by atoms with E-state index in [2.05, 4.69) is 4.98 Å². The van der Waals surface area contributed by atoms with E-state index in [0.717, 1.165) is 25.7 Å². The van der Waals surface area contributed by atoms with Crippen molar-refractivity contribution in [1.29, 1.82) is 0 Å². The van der Waals surface area contributed by atoms with Crippen molar-refractivity contribution in [2.75, 3.05) is 0 Å². The molecule has 4 heteroatoms. The van der Waals surface area contributed by atoms with Crippen molar-refractivity contribution in [3.05, 3.63) is 16.6 Å². The minimum atomic E-state index is -0.660. The van der Waals surface area contributed by atoms with Gasteiger partial charge in [-0.15, -0.1) is 11.3 Å². The molecule has 1 heterocycles. The fourth-order valence-corrected chi connectivity index (χ4v) is 3.11. The fraction of sp³-hybridized carbons (Fsp3) is 0.636. The second kappa shape index (κ2) is 4.75. The summed E-state index contributed by atoms with van der Waals surface area (Å²) in [5, 5.41) is 11.9. The zero-order chi connectivity index (χ0) is 10.7. The van der Waals surface area contributed by atoms with Crippen molar-refractivity contribution < 1.29 is 9.90 Å². The molecule has 82 valence electrons. The van der Waals surface area contributed by atoms with E-state index < -0.39 is 5.97 Å². The molecule has 15 heavy (non-hydrogen) atoms. The van der Waals surface area contributed by atoms with E-state index in [4.69, 9.17) is 5.11 Å². The maximum absolute atomic E-state index is 10.6. The summed E-state index contributed by atoms with van der Waals surface area (Å²) < 4.78 is 0. The van der Waals surface area contributed by atoms with E-state index in [1.807, 2.05) is 11.6 Å². The first-order valence-electron chi connectivity index (χ1n) is 5.37. The number of carbonyl (C=O) groups is 1. The van der Waals surface area contributed by atoms with Crippen LogP contribution in [-0.2, 0) is 4.79 Å². The van der Waals surface area contributed by atoms with Gasteiger partial charge in [0.15, 0.2) is 0 Å². The molecule has 2 rings (SSSR count). The van der Waals surface area contributed by atoms with Crippen molar-refractivity contribution >= 4 is 17.3 Å². The Morgan fingerprint density at radius 2 is 2.20 bits per heavy atom. The van der Waals surface area contributed by atoms with Crippen LogP contribution in [0.5, 0.6) is 0 Å². The van der Waals surface area contributed by atoms with Crippen LogP contribution in [0, 0.1) is 5.92 Å². The predicted molar refractivity (Wildman–Crippen MR) is 59.1 cm³/mol. The standard InChI is InChI=1S/C11H15NO2S/c13-10(14)7-8-1-3-9(4-2-8)11-12-5-6-15-11/h5-6,8-9H,1-4,7H2,(H,13,14). The molecule has 1 aliphatic rings. The number of thiazole rings is 1. The van der Waals surface area contributed by atoms with Crippen molar-refractivity contribution in [1.82, 2.24) is 4.98 Å². The molecule has 1 fully saturated rings. The molecule has 0 atom stereocenters. The van der Waals surface area contributed by atoms with Gasteiger partial charge < -0.3 is 5.11 Å². The zero-order valence-electron chi connectivity index (χ0n) is 8.56. The minimum Gasteiger partial charge on any atom is -0.481 e. The van der Waals surface area contributed by atoms with Crippen molar-refractivity contribution in [2.45, 2.75) is 38.0 Å². The number of rotatable bonds is 3. The quantitative estimate of drug-likeness (QED) is 0.860. The Morgan fingerprint density at radius 3 is 2.73 bits per heavy atom.